The van der Waals surface area contributed by atoms with E-state index in [1.807, 2.05) is 19.1 Å². The smallest absolute Gasteiger partial charge is 0.0992 e. The first-order chi connectivity index (χ1) is 8.60. The first-order valence-corrected chi connectivity index (χ1v) is 6.61. The molecule has 0 spiro atoms. The molecule has 0 radical (unpaired) electrons. The molecule has 0 fully saturated rings. The van der Waals surface area contributed by atoms with Gasteiger partial charge in [-0.25, -0.2) is 0 Å². The molecule has 1 aromatic carbocycles. The van der Waals surface area contributed by atoms with E-state index in [9.17, 15) is 5.11 Å². The van der Waals surface area contributed by atoms with Crippen molar-refractivity contribution in [3.8, 4) is 0 Å². The Labute approximate surface area is 110 Å². The zero-order valence-electron chi connectivity index (χ0n) is 11.7. The van der Waals surface area contributed by atoms with Crippen molar-refractivity contribution in [2.75, 3.05) is 26.8 Å². The van der Waals surface area contributed by atoms with Crippen molar-refractivity contribution in [2.24, 2.45) is 0 Å². The summed E-state index contributed by atoms with van der Waals surface area (Å²) in [6.45, 7) is 5.95. The predicted molar refractivity (Wildman–Crippen MR) is 74.8 cm³/mol. The lowest BCUT2D eigenvalue weighted by molar-refractivity contribution is 0.0549. The van der Waals surface area contributed by atoms with Crippen molar-refractivity contribution < 1.29 is 9.84 Å². The fourth-order valence-corrected chi connectivity index (χ4v) is 1.96. The fraction of sp³-hybridized carbons (Fsp3) is 0.600. The van der Waals surface area contributed by atoms with Crippen LogP contribution in [0.25, 0.3) is 0 Å². The molecule has 0 aliphatic carbocycles. The highest BCUT2D eigenvalue weighted by molar-refractivity contribution is 5.28. The van der Waals surface area contributed by atoms with Crippen molar-refractivity contribution in [1.82, 2.24) is 5.32 Å². The van der Waals surface area contributed by atoms with E-state index in [0.717, 1.165) is 24.9 Å². The number of benzene rings is 1. The van der Waals surface area contributed by atoms with E-state index >= 15 is 0 Å². The van der Waals surface area contributed by atoms with Gasteiger partial charge in [0.25, 0.3) is 0 Å². The summed E-state index contributed by atoms with van der Waals surface area (Å²) in [5, 5.41) is 13.7. The highest BCUT2D eigenvalue weighted by Gasteiger charge is 2.22. The Balaban J connectivity index is 2.62. The minimum atomic E-state index is -0.836. The largest absolute Gasteiger partial charge is 0.384 e. The van der Waals surface area contributed by atoms with Gasteiger partial charge in [0, 0.05) is 20.2 Å². The van der Waals surface area contributed by atoms with Gasteiger partial charge in [0.2, 0.25) is 0 Å². The Morgan fingerprint density at radius 3 is 2.83 bits per heavy atom. The van der Waals surface area contributed by atoms with E-state index < -0.39 is 5.60 Å². The van der Waals surface area contributed by atoms with E-state index in [0.29, 0.717) is 13.2 Å². The van der Waals surface area contributed by atoms with Crippen LogP contribution in [0.2, 0.25) is 0 Å². The van der Waals surface area contributed by atoms with Crippen LogP contribution in [0.4, 0.5) is 0 Å². The fourth-order valence-electron chi connectivity index (χ4n) is 1.96. The zero-order chi connectivity index (χ0) is 13.4. The number of methoxy groups -OCH3 is 1. The highest BCUT2D eigenvalue weighted by Crippen LogP contribution is 2.21. The maximum Gasteiger partial charge on any atom is 0.0992 e. The van der Waals surface area contributed by atoms with Gasteiger partial charge in [-0.05, 0) is 24.5 Å². The third-order valence-corrected chi connectivity index (χ3v) is 3.04. The summed E-state index contributed by atoms with van der Waals surface area (Å²) in [6.07, 6.45) is 2.18. The summed E-state index contributed by atoms with van der Waals surface area (Å²) >= 11 is 0. The van der Waals surface area contributed by atoms with Gasteiger partial charge in [-0.2, -0.15) is 0 Å². The molecule has 2 N–H and O–H groups in total. The third-order valence-electron chi connectivity index (χ3n) is 3.04. The third kappa shape index (κ3) is 4.77. The first kappa shape index (κ1) is 15.2. The van der Waals surface area contributed by atoms with Crippen molar-refractivity contribution in [3.63, 3.8) is 0 Å². The lowest BCUT2D eigenvalue weighted by Gasteiger charge is -2.25. The van der Waals surface area contributed by atoms with Crippen LogP contribution < -0.4 is 5.32 Å². The SMILES string of the molecule is CCCc1cccc(C(C)(O)CNCCOC)c1. The van der Waals surface area contributed by atoms with E-state index in [1.54, 1.807) is 7.11 Å². The maximum atomic E-state index is 10.5. The molecule has 0 amide bonds. The quantitative estimate of drug-likeness (QED) is 0.695. The lowest BCUT2D eigenvalue weighted by atomic mass is 9.93. The summed E-state index contributed by atoms with van der Waals surface area (Å²) in [7, 11) is 1.67. The van der Waals surface area contributed by atoms with Crippen LogP contribution in [0, 0.1) is 0 Å². The van der Waals surface area contributed by atoms with Gasteiger partial charge in [-0.3, -0.25) is 0 Å². The second-order valence-electron chi connectivity index (χ2n) is 4.89. The van der Waals surface area contributed by atoms with E-state index in [2.05, 4.69) is 24.4 Å². The molecule has 1 atom stereocenters. The molecule has 0 aromatic heterocycles. The maximum absolute atomic E-state index is 10.5. The molecule has 0 bridgehead atoms. The Kier molecular flexibility index (Phi) is 6.33. The normalized spacial score (nSPS) is 14.4. The van der Waals surface area contributed by atoms with Gasteiger partial charge >= 0.3 is 0 Å². The van der Waals surface area contributed by atoms with Gasteiger partial charge in [0.1, 0.15) is 0 Å². The number of aliphatic hydroxyl groups is 1. The summed E-state index contributed by atoms with van der Waals surface area (Å²) in [5.41, 5.74) is 1.42. The van der Waals surface area contributed by atoms with E-state index in [1.165, 1.54) is 5.56 Å². The van der Waals surface area contributed by atoms with Crippen molar-refractivity contribution in [3.05, 3.63) is 35.4 Å². The van der Waals surface area contributed by atoms with Gasteiger partial charge < -0.3 is 15.2 Å². The zero-order valence-corrected chi connectivity index (χ0v) is 11.7. The average Bonchev–Trinajstić information content (AvgIpc) is 2.36. The molecule has 0 aliphatic heterocycles. The minimum Gasteiger partial charge on any atom is -0.384 e. The van der Waals surface area contributed by atoms with E-state index in [-0.39, 0.29) is 0 Å². The molecular formula is C15H25NO2. The summed E-state index contributed by atoms with van der Waals surface area (Å²) < 4.78 is 4.97. The topological polar surface area (TPSA) is 41.5 Å². The Hall–Kier alpha value is -0.900. The number of hydrogen-bond acceptors (Lipinski definition) is 3. The molecule has 0 heterocycles. The molecule has 0 aliphatic rings. The molecule has 3 heteroatoms. The van der Waals surface area contributed by atoms with Crippen LogP contribution in [0.15, 0.2) is 24.3 Å². The molecule has 18 heavy (non-hydrogen) atoms. The molecule has 102 valence electrons. The Bertz CT molecular complexity index is 350. The van der Waals surface area contributed by atoms with Gasteiger partial charge in [0.05, 0.1) is 12.2 Å². The van der Waals surface area contributed by atoms with Crippen molar-refractivity contribution in [2.45, 2.75) is 32.3 Å². The summed E-state index contributed by atoms with van der Waals surface area (Å²) in [4.78, 5) is 0. The monoisotopic (exact) mass is 251 g/mol. The van der Waals surface area contributed by atoms with Gasteiger partial charge in [-0.15, -0.1) is 0 Å². The Morgan fingerprint density at radius 2 is 2.17 bits per heavy atom. The summed E-state index contributed by atoms with van der Waals surface area (Å²) in [5.74, 6) is 0. The molecule has 3 nitrogen and oxygen atoms in total. The van der Waals surface area contributed by atoms with Crippen LogP contribution in [-0.2, 0) is 16.8 Å². The predicted octanol–water partition coefficient (Wildman–Crippen LogP) is 2.08. The molecule has 0 saturated carbocycles. The van der Waals surface area contributed by atoms with Crippen LogP contribution >= 0.6 is 0 Å². The number of rotatable bonds is 8. The molecular weight excluding hydrogens is 226 g/mol. The molecule has 0 saturated heterocycles. The van der Waals surface area contributed by atoms with Crippen LogP contribution in [-0.4, -0.2) is 31.9 Å². The van der Waals surface area contributed by atoms with Crippen LogP contribution in [0.3, 0.4) is 0 Å². The second-order valence-corrected chi connectivity index (χ2v) is 4.89. The number of aryl methyl sites for hydroxylation is 1. The average molecular weight is 251 g/mol. The number of hydrogen-bond donors (Lipinski definition) is 2. The molecule has 1 unspecified atom stereocenters. The Morgan fingerprint density at radius 1 is 1.39 bits per heavy atom. The summed E-state index contributed by atoms with van der Waals surface area (Å²) in [6, 6.07) is 8.21. The van der Waals surface area contributed by atoms with Gasteiger partial charge in [-0.1, -0.05) is 37.6 Å². The van der Waals surface area contributed by atoms with Crippen molar-refractivity contribution in [1.29, 1.82) is 0 Å². The standard InChI is InChI=1S/C15H25NO2/c1-4-6-13-7-5-8-14(11-13)15(2,17)12-16-9-10-18-3/h5,7-8,11,16-17H,4,6,9-10,12H2,1-3H3. The number of nitrogens with one attached hydrogen (secondary N) is 1. The lowest BCUT2D eigenvalue weighted by Crippen LogP contribution is -2.36. The molecule has 1 rings (SSSR count). The molecule has 1 aromatic rings. The van der Waals surface area contributed by atoms with Crippen molar-refractivity contribution >= 4 is 0 Å². The van der Waals surface area contributed by atoms with Gasteiger partial charge in [0.15, 0.2) is 0 Å². The van der Waals surface area contributed by atoms with E-state index in [4.69, 9.17) is 4.74 Å². The minimum absolute atomic E-state index is 0.534. The van der Waals surface area contributed by atoms with Crippen LogP contribution in [0.1, 0.15) is 31.4 Å². The highest BCUT2D eigenvalue weighted by atomic mass is 16.5. The second kappa shape index (κ2) is 7.52. The number of ether oxygens (including phenoxy) is 1. The first-order valence-electron chi connectivity index (χ1n) is 6.61. The van der Waals surface area contributed by atoms with Crippen LogP contribution in [0.5, 0.6) is 0 Å².